The Hall–Kier alpha value is -2.28. The maximum atomic E-state index is 11.0. The van der Waals surface area contributed by atoms with E-state index in [1.807, 2.05) is 5.92 Å². The highest BCUT2D eigenvalue weighted by Gasteiger charge is 2.29. The molecule has 0 heterocycles. The molecule has 0 unspecified atom stereocenters. The molecule has 17 heavy (non-hydrogen) atoms. The van der Waals surface area contributed by atoms with Crippen molar-refractivity contribution in [1.29, 1.82) is 0 Å². The van der Waals surface area contributed by atoms with Crippen LogP contribution in [0, 0.1) is 12.3 Å². The summed E-state index contributed by atoms with van der Waals surface area (Å²) >= 11 is 0. The Morgan fingerprint density at radius 3 is 2.24 bits per heavy atom. The van der Waals surface area contributed by atoms with Crippen molar-refractivity contribution in [2.75, 3.05) is 5.32 Å². The van der Waals surface area contributed by atoms with Crippen molar-refractivity contribution in [1.82, 2.24) is 0 Å². The summed E-state index contributed by atoms with van der Waals surface area (Å²) in [6.07, 6.45) is 4.92. The lowest BCUT2D eigenvalue weighted by Crippen LogP contribution is -2.28. The van der Waals surface area contributed by atoms with Crippen LogP contribution >= 0.6 is 0 Å². The van der Waals surface area contributed by atoms with Crippen LogP contribution in [-0.4, -0.2) is 17.0 Å². The van der Waals surface area contributed by atoms with Gasteiger partial charge in [-0.15, -0.1) is 6.42 Å². The first-order chi connectivity index (χ1) is 7.87. The summed E-state index contributed by atoms with van der Waals surface area (Å²) in [5.41, 5.74) is 0.232. The van der Waals surface area contributed by atoms with Crippen LogP contribution in [0.25, 0.3) is 0 Å². The first kappa shape index (κ1) is 12.8. The summed E-state index contributed by atoms with van der Waals surface area (Å²) in [4.78, 5) is 22.0. The second-order valence-corrected chi connectivity index (χ2v) is 4.11. The first-order valence-corrected chi connectivity index (χ1v) is 4.99. The van der Waals surface area contributed by atoms with Gasteiger partial charge in [0.25, 0.3) is 5.91 Å². The molecule has 1 amide bonds. The average Bonchev–Trinajstić information content (AvgIpc) is 2.29. The van der Waals surface area contributed by atoms with Crippen molar-refractivity contribution in [2.24, 2.45) is 0 Å². The van der Waals surface area contributed by atoms with Crippen LogP contribution in [-0.2, 0) is 15.0 Å². The standard InChI is InChI=1S/C13H13NO3/c1-4-11(15)14-10-7-5-9(6-8-10)13(2,3)12(16)17/h1,5-8H,2-3H3,(H,14,15)(H,16,17). The highest BCUT2D eigenvalue weighted by atomic mass is 16.4. The second kappa shape index (κ2) is 4.71. The number of carboxylic acid groups (broad SMARTS) is 1. The molecule has 0 bridgehead atoms. The Balaban J connectivity index is 2.93. The molecule has 0 spiro atoms. The molecule has 88 valence electrons. The van der Waals surface area contributed by atoms with Crippen LogP contribution in [0.15, 0.2) is 24.3 Å². The fourth-order valence-corrected chi connectivity index (χ4v) is 1.26. The van der Waals surface area contributed by atoms with Gasteiger partial charge in [-0.05, 0) is 37.5 Å². The number of aliphatic carboxylic acids is 1. The molecule has 0 atom stereocenters. The number of carbonyl (C=O) groups is 2. The van der Waals surface area contributed by atoms with Gasteiger partial charge in [0, 0.05) is 5.69 Å². The lowest BCUT2D eigenvalue weighted by Gasteiger charge is -2.19. The van der Waals surface area contributed by atoms with Crippen molar-refractivity contribution >= 4 is 17.6 Å². The van der Waals surface area contributed by atoms with E-state index in [0.717, 1.165) is 0 Å². The van der Waals surface area contributed by atoms with Crippen LogP contribution < -0.4 is 5.32 Å². The van der Waals surface area contributed by atoms with E-state index in [-0.39, 0.29) is 0 Å². The molecule has 0 aliphatic heterocycles. The molecule has 1 aromatic carbocycles. The summed E-state index contributed by atoms with van der Waals surface area (Å²) in [6, 6.07) is 6.55. The summed E-state index contributed by atoms with van der Waals surface area (Å²) in [5.74, 6) is 0.495. The van der Waals surface area contributed by atoms with Gasteiger partial charge in [0.15, 0.2) is 0 Å². The molecule has 0 saturated heterocycles. The third kappa shape index (κ3) is 2.85. The molecule has 4 heteroatoms. The molecule has 0 fully saturated rings. The van der Waals surface area contributed by atoms with E-state index in [2.05, 4.69) is 5.32 Å². The van der Waals surface area contributed by atoms with Gasteiger partial charge in [-0.2, -0.15) is 0 Å². The number of benzene rings is 1. The fraction of sp³-hybridized carbons (Fsp3) is 0.231. The lowest BCUT2D eigenvalue weighted by atomic mass is 9.85. The van der Waals surface area contributed by atoms with Gasteiger partial charge in [-0.1, -0.05) is 12.1 Å². The topological polar surface area (TPSA) is 66.4 Å². The molecule has 2 N–H and O–H groups in total. The van der Waals surface area contributed by atoms with E-state index in [1.165, 1.54) is 0 Å². The van der Waals surface area contributed by atoms with Gasteiger partial charge in [-0.3, -0.25) is 9.59 Å². The number of terminal acetylenes is 1. The van der Waals surface area contributed by atoms with E-state index in [1.54, 1.807) is 38.1 Å². The molecular formula is C13H13NO3. The minimum Gasteiger partial charge on any atom is -0.481 e. The number of amides is 1. The summed E-state index contributed by atoms with van der Waals surface area (Å²) < 4.78 is 0. The quantitative estimate of drug-likeness (QED) is 0.777. The number of rotatable bonds is 3. The van der Waals surface area contributed by atoms with Crippen LogP contribution in [0.2, 0.25) is 0 Å². The first-order valence-electron chi connectivity index (χ1n) is 4.99. The largest absolute Gasteiger partial charge is 0.481 e. The maximum Gasteiger partial charge on any atom is 0.313 e. The number of hydrogen-bond acceptors (Lipinski definition) is 2. The minimum absolute atomic E-state index is 0.532. The van der Waals surface area contributed by atoms with Crippen molar-refractivity contribution in [3.05, 3.63) is 29.8 Å². The average molecular weight is 231 g/mol. The Bertz CT molecular complexity index is 480. The zero-order valence-corrected chi connectivity index (χ0v) is 9.65. The predicted octanol–water partition coefficient (Wildman–Crippen LogP) is 1.62. The number of nitrogens with one attached hydrogen (secondary N) is 1. The molecule has 0 aliphatic rings. The van der Waals surface area contributed by atoms with Crippen molar-refractivity contribution in [3.63, 3.8) is 0 Å². The highest BCUT2D eigenvalue weighted by molar-refractivity contribution is 6.03. The third-order valence-electron chi connectivity index (χ3n) is 2.53. The van der Waals surface area contributed by atoms with Gasteiger partial charge in [0.2, 0.25) is 0 Å². The molecule has 0 aromatic heterocycles. The Labute approximate surface area is 99.7 Å². The third-order valence-corrected chi connectivity index (χ3v) is 2.53. The van der Waals surface area contributed by atoms with E-state index >= 15 is 0 Å². The Morgan fingerprint density at radius 2 is 1.82 bits per heavy atom. The predicted molar refractivity (Wildman–Crippen MR) is 64.6 cm³/mol. The Morgan fingerprint density at radius 1 is 1.29 bits per heavy atom. The smallest absolute Gasteiger partial charge is 0.313 e. The molecule has 0 saturated carbocycles. The summed E-state index contributed by atoms with van der Waals surface area (Å²) in [7, 11) is 0. The van der Waals surface area contributed by atoms with Crippen LogP contribution in [0.1, 0.15) is 19.4 Å². The minimum atomic E-state index is -0.964. The molecule has 1 rings (SSSR count). The van der Waals surface area contributed by atoms with Crippen LogP contribution in [0.4, 0.5) is 5.69 Å². The summed E-state index contributed by atoms with van der Waals surface area (Å²) in [5, 5.41) is 11.5. The van der Waals surface area contributed by atoms with Crippen molar-refractivity contribution in [3.8, 4) is 12.3 Å². The monoisotopic (exact) mass is 231 g/mol. The molecule has 1 aromatic rings. The fourth-order valence-electron chi connectivity index (χ4n) is 1.26. The number of carbonyl (C=O) groups excluding carboxylic acids is 1. The lowest BCUT2D eigenvalue weighted by molar-refractivity contribution is -0.142. The van der Waals surface area contributed by atoms with Gasteiger partial charge < -0.3 is 10.4 Å². The number of anilines is 1. The highest BCUT2D eigenvalue weighted by Crippen LogP contribution is 2.24. The SMILES string of the molecule is C#CC(=O)Nc1ccc(C(C)(C)C(=O)O)cc1. The van der Waals surface area contributed by atoms with Crippen molar-refractivity contribution < 1.29 is 14.7 Å². The van der Waals surface area contributed by atoms with E-state index in [4.69, 9.17) is 11.5 Å². The van der Waals surface area contributed by atoms with E-state index in [0.29, 0.717) is 11.3 Å². The second-order valence-electron chi connectivity index (χ2n) is 4.11. The van der Waals surface area contributed by atoms with Gasteiger partial charge >= 0.3 is 5.97 Å². The molecule has 0 aliphatic carbocycles. The molecule has 0 radical (unpaired) electrons. The van der Waals surface area contributed by atoms with Crippen LogP contribution in [0.3, 0.4) is 0 Å². The van der Waals surface area contributed by atoms with E-state index in [9.17, 15) is 9.59 Å². The van der Waals surface area contributed by atoms with Crippen LogP contribution in [0.5, 0.6) is 0 Å². The van der Waals surface area contributed by atoms with E-state index < -0.39 is 17.3 Å². The molecular weight excluding hydrogens is 218 g/mol. The van der Waals surface area contributed by atoms with Gasteiger partial charge in [-0.25, -0.2) is 0 Å². The molecule has 4 nitrogen and oxygen atoms in total. The van der Waals surface area contributed by atoms with Gasteiger partial charge in [0.05, 0.1) is 5.41 Å². The van der Waals surface area contributed by atoms with Gasteiger partial charge in [0.1, 0.15) is 0 Å². The normalized spacial score (nSPS) is 10.4. The number of hydrogen-bond donors (Lipinski definition) is 2. The maximum absolute atomic E-state index is 11.0. The van der Waals surface area contributed by atoms with Crippen molar-refractivity contribution in [2.45, 2.75) is 19.3 Å². The zero-order valence-electron chi connectivity index (χ0n) is 9.65. The summed E-state index contributed by atoms with van der Waals surface area (Å²) in [6.45, 7) is 3.23. The zero-order chi connectivity index (χ0) is 13.1. The Kier molecular flexibility index (Phi) is 3.54. The number of carboxylic acids is 1.